The van der Waals surface area contributed by atoms with Gasteiger partial charge in [0, 0.05) is 31.9 Å². The van der Waals surface area contributed by atoms with Crippen LogP contribution in [-0.2, 0) is 0 Å². The van der Waals surface area contributed by atoms with Gasteiger partial charge in [-0.05, 0) is 25.6 Å². The van der Waals surface area contributed by atoms with E-state index in [4.69, 9.17) is 5.73 Å². The first-order valence-corrected chi connectivity index (χ1v) is 6.33. The first-order valence-electron chi connectivity index (χ1n) is 6.33. The minimum atomic E-state index is 0.0500. The van der Waals surface area contributed by atoms with Crippen LogP contribution < -0.4 is 5.73 Å². The molecule has 1 aliphatic heterocycles. The number of rotatable bonds is 2. The largest absolute Gasteiger partial charge is 0.384 e. The summed E-state index contributed by atoms with van der Waals surface area (Å²) in [5.41, 5.74) is 6.14. The molecule has 2 N–H and O–H groups in total. The number of likely N-dealkylation sites (N-methyl/N-ethyl adjacent to an activating group) is 1. The molecule has 1 amide bonds. The fraction of sp³-hybridized carbons (Fsp3) is 0.538. The van der Waals surface area contributed by atoms with E-state index >= 15 is 0 Å². The van der Waals surface area contributed by atoms with Gasteiger partial charge in [-0.15, -0.1) is 0 Å². The summed E-state index contributed by atoms with van der Waals surface area (Å²) in [4.78, 5) is 20.5. The van der Waals surface area contributed by atoms with Crippen LogP contribution in [0.2, 0.25) is 0 Å². The van der Waals surface area contributed by atoms with Crippen LogP contribution in [0.5, 0.6) is 0 Å². The van der Waals surface area contributed by atoms with Crippen LogP contribution in [0, 0.1) is 0 Å². The minimum absolute atomic E-state index is 0.0500. The van der Waals surface area contributed by atoms with Gasteiger partial charge in [-0.25, -0.2) is 4.98 Å². The summed E-state index contributed by atoms with van der Waals surface area (Å²) >= 11 is 0. The molecule has 5 heteroatoms. The zero-order valence-electron chi connectivity index (χ0n) is 11.0. The molecule has 1 aromatic heterocycles. The van der Waals surface area contributed by atoms with Crippen molar-refractivity contribution < 1.29 is 4.79 Å². The second kappa shape index (κ2) is 5.35. The molecule has 1 aliphatic rings. The van der Waals surface area contributed by atoms with E-state index in [0.717, 1.165) is 26.1 Å². The van der Waals surface area contributed by atoms with E-state index in [-0.39, 0.29) is 5.91 Å². The van der Waals surface area contributed by atoms with Crippen LogP contribution in [0.15, 0.2) is 18.3 Å². The number of nitrogen functional groups attached to an aromatic ring is 1. The number of anilines is 1. The van der Waals surface area contributed by atoms with Gasteiger partial charge in [-0.2, -0.15) is 0 Å². The zero-order valence-corrected chi connectivity index (χ0v) is 11.0. The zero-order chi connectivity index (χ0) is 13.1. The fourth-order valence-corrected chi connectivity index (χ4v) is 2.29. The van der Waals surface area contributed by atoms with Crippen LogP contribution in [0.1, 0.15) is 23.7 Å². The molecular formula is C13H20N4O. The second-order valence-corrected chi connectivity index (χ2v) is 4.77. The average Bonchev–Trinajstić information content (AvgIpc) is 2.39. The molecule has 1 saturated heterocycles. The van der Waals surface area contributed by atoms with Crippen molar-refractivity contribution in [3.05, 3.63) is 23.9 Å². The summed E-state index contributed by atoms with van der Waals surface area (Å²) in [6.45, 7) is 4.64. The van der Waals surface area contributed by atoms with Crippen molar-refractivity contribution in [2.75, 3.05) is 32.4 Å². The van der Waals surface area contributed by atoms with Crippen molar-refractivity contribution in [1.29, 1.82) is 0 Å². The third kappa shape index (κ3) is 2.61. The van der Waals surface area contributed by atoms with Crippen molar-refractivity contribution >= 4 is 11.7 Å². The van der Waals surface area contributed by atoms with E-state index < -0.39 is 0 Å². The summed E-state index contributed by atoms with van der Waals surface area (Å²) in [5.74, 6) is 0.491. The monoisotopic (exact) mass is 248 g/mol. The Kier molecular flexibility index (Phi) is 3.81. The van der Waals surface area contributed by atoms with E-state index in [1.165, 1.54) is 0 Å². The summed E-state index contributed by atoms with van der Waals surface area (Å²) in [7, 11) is 2.11. The Morgan fingerprint density at radius 2 is 2.28 bits per heavy atom. The Morgan fingerprint density at radius 1 is 1.50 bits per heavy atom. The number of piperazine rings is 1. The topological polar surface area (TPSA) is 62.5 Å². The first-order chi connectivity index (χ1) is 8.61. The molecule has 0 spiro atoms. The van der Waals surface area contributed by atoms with Gasteiger partial charge in [0.2, 0.25) is 0 Å². The van der Waals surface area contributed by atoms with Gasteiger partial charge in [-0.1, -0.05) is 6.92 Å². The second-order valence-electron chi connectivity index (χ2n) is 4.77. The lowest BCUT2D eigenvalue weighted by Crippen LogP contribution is -2.52. The molecule has 18 heavy (non-hydrogen) atoms. The maximum absolute atomic E-state index is 12.3. The molecule has 1 fully saturated rings. The molecule has 1 atom stereocenters. The van der Waals surface area contributed by atoms with Gasteiger partial charge in [0.25, 0.3) is 5.91 Å². The molecule has 1 unspecified atom stereocenters. The molecule has 1 aromatic rings. The van der Waals surface area contributed by atoms with Crippen LogP contribution in [0.4, 0.5) is 5.82 Å². The van der Waals surface area contributed by atoms with E-state index in [2.05, 4.69) is 23.9 Å². The molecule has 2 heterocycles. The van der Waals surface area contributed by atoms with Crippen molar-refractivity contribution in [1.82, 2.24) is 14.8 Å². The van der Waals surface area contributed by atoms with E-state index in [1.807, 2.05) is 4.90 Å². The fourth-order valence-electron chi connectivity index (χ4n) is 2.29. The van der Waals surface area contributed by atoms with E-state index in [0.29, 0.717) is 17.4 Å². The highest BCUT2D eigenvalue weighted by atomic mass is 16.2. The Bertz CT molecular complexity index is 418. The Labute approximate surface area is 108 Å². The lowest BCUT2D eigenvalue weighted by molar-refractivity contribution is 0.0541. The Balaban J connectivity index is 2.07. The lowest BCUT2D eigenvalue weighted by Gasteiger charge is -2.39. The van der Waals surface area contributed by atoms with Gasteiger partial charge in [-0.3, -0.25) is 9.69 Å². The highest BCUT2D eigenvalue weighted by Gasteiger charge is 2.26. The average molecular weight is 248 g/mol. The quantitative estimate of drug-likeness (QED) is 0.842. The van der Waals surface area contributed by atoms with Gasteiger partial charge < -0.3 is 10.6 Å². The molecule has 2 rings (SSSR count). The third-order valence-electron chi connectivity index (χ3n) is 3.57. The van der Waals surface area contributed by atoms with Crippen LogP contribution >= 0.6 is 0 Å². The van der Waals surface area contributed by atoms with E-state index in [1.54, 1.807) is 18.3 Å². The number of hydrogen-bond acceptors (Lipinski definition) is 4. The van der Waals surface area contributed by atoms with Crippen LogP contribution in [0.25, 0.3) is 0 Å². The van der Waals surface area contributed by atoms with Gasteiger partial charge in [0.1, 0.15) is 5.82 Å². The van der Waals surface area contributed by atoms with Crippen molar-refractivity contribution in [2.24, 2.45) is 0 Å². The molecular weight excluding hydrogens is 228 g/mol. The highest BCUT2D eigenvalue weighted by Crippen LogP contribution is 2.14. The predicted octanol–water partition coefficient (Wildman–Crippen LogP) is 0.830. The lowest BCUT2D eigenvalue weighted by atomic mass is 10.1. The van der Waals surface area contributed by atoms with Gasteiger partial charge in [0.05, 0.1) is 5.56 Å². The summed E-state index contributed by atoms with van der Waals surface area (Å²) in [6.07, 6.45) is 2.61. The van der Waals surface area contributed by atoms with Crippen molar-refractivity contribution in [3.8, 4) is 0 Å². The number of pyridine rings is 1. The number of nitrogens with two attached hydrogens (primary N) is 1. The molecule has 0 saturated carbocycles. The SMILES string of the molecule is CCC1CN(C(=O)c2ccc(N)nc2)CCN1C. The Morgan fingerprint density at radius 3 is 2.89 bits per heavy atom. The number of amides is 1. The third-order valence-corrected chi connectivity index (χ3v) is 3.57. The number of carbonyl (C=O) groups excluding carboxylic acids is 1. The predicted molar refractivity (Wildman–Crippen MR) is 71.3 cm³/mol. The molecule has 0 radical (unpaired) electrons. The standard InChI is InChI=1S/C13H20N4O/c1-3-11-9-17(7-6-16(11)2)13(18)10-4-5-12(14)15-8-10/h4-5,8,11H,3,6-7,9H2,1-2H3,(H2,14,15). The minimum Gasteiger partial charge on any atom is -0.384 e. The first kappa shape index (κ1) is 12.8. The number of nitrogens with zero attached hydrogens (tertiary/aromatic N) is 3. The van der Waals surface area contributed by atoms with E-state index in [9.17, 15) is 4.79 Å². The van der Waals surface area contributed by atoms with Crippen molar-refractivity contribution in [2.45, 2.75) is 19.4 Å². The Hall–Kier alpha value is -1.62. The summed E-state index contributed by atoms with van der Waals surface area (Å²) in [5, 5.41) is 0. The van der Waals surface area contributed by atoms with Gasteiger partial charge >= 0.3 is 0 Å². The number of aromatic nitrogens is 1. The summed E-state index contributed by atoms with van der Waals surface area (Å²) in [6, 6.07) is 3.86. The smallest absolute Gasteiger partial charge is 0.255 e. The molecule has 0 bridgehead atoms. The molecule has 5 nitrogen and oxygen atoms in total. The van der Waals surface area contributed by atoms with Crippen LogP contribution in [-0.4, -0.2) is 53.4 Å². The number of carbonyl (C=O) groups is 1. The molecule has 0 aliphatic carbocycles. The summed E-state index contributed by atoms with van der Waals surface area (Å²) < 4.78 is 0. The number of hydrogen-bond donors (Lipinski definition) is 1. The maximum atomic E-state index is 12.3. The molecule has 98 valence electrons. The van der Waals surface area contributed by atoms with Crippen LogP contribution in [0.3, 0.4) is 0 Å². The molecule has 0 aromatic carbocycles. The highest BCUT2D eigenvalue weighted by molar-refractivity contribution is 5.94. The van der Waals surface area contributed by atoms with Gasteiger partial charge in [0.15, 0.2) is 0 Å². The van der Waals surface area contributed by atoms with Crippen molar-refractivity contribution in [3.63, 3.8) is 0 Å². The normalized spacial score (nSPS) is 21.0. The maximum Gasteiger partial charge on any atom is 0.255 e.